The summed E-state index contributed by atoms with van der Waals surface area (Å²) in [7, 11) is 0. The second-order valence-electron chi connectivity index (χ2n) is 2.95. The van der Waals surface area contributed by atoms with E-state index in [-0.39, 0.29) is 11.8 Å². The molecule has 88 valence electrons. The van der Waals surface area contributed by atoms with E-state index >= 15 is 0 Å². The number of hydrogen-bond donors (Lipinski definition) is 1. The Morgan fingerprint density at radius 1 is 1.35 bits per heavy atom. The molecule has 0 saturated heterocycles. The summed E-state index contributed by atoms with van der Waals surface area (Å²) in [5.41, 5.74) is -1.81. The van der Waals surface area contributed by atoms with Crippen LogP contribution >= 0.6 is 0 Å². The maximum absolute atomic E-state index is 12.3. The minimum absolute atomic E-state index is 0.141. The lowest BCUT2D eigenvalue weighted by molar-refractivity contribution is -0.137. The first kappa shape index (κ1) is 12.8. The number of carbonyl (C=O) groups excluding carboxylic acids is 1. The molecule has 0 unspecified atom stereocenters. The van der Waals surface area contributed by atoms with E-state index in [0.29, 0.717) is 12.1 Å². The van der Waals surface area contributed by atoms with Crippen molar-refractivity contribution in [3.8, 4) is 11.8 Å². The van der Waals surface area contributed by atoms with Crippen LogP contribution in [0.1, 0.15) is 21.5 Å². The molecule has 17 heavy (non-hydrogen) atoms. The van der Waals surface area contributed by atoms with E-state index < -0.39 is 23.3 Å². The van der Waals surface area contributed by atoms with Crippen LogP contribution in [0.25, 0.3) is 0 Å². The van der Waals surface area contributed by atoms with Crippen LogP contribution in [0, 0.1) is 11.8 Å². The van der Waals surface area contributed by atoms with Crippen molar-refractivity contribution >= 4 is 12.3 Å². The Morgan fingerprint density at radius 2 is 2.00 bits per heavy atom. The van der Waals surface area contributed by atoms with Gasteiger partial charge in [0.15, 0.2) is 6.29 Å². The maximum atomic E-state index is 12.3. The summed E-state index contributed by atoms with van der Waals surface area (Å²) >= 11 is 0. The predicted molar refractivity (Wildman–Crippen MR) is 51.3 cm³/mol. The number of carboxylic acid groups (broad SMARTS) is 1. The van der Waals surface area contributed by atoms with Gasteiger partial charge in [0, 0.05) is 5.56 Å². The third-order valence-corrected chi connectivity index (χ3v) is 1.84. The van der Waals surface area contributed by atoms with Crippen molar-refractivity contribution in [1.82, 2.24) is 0 Å². The number of hydrogen-bond acceptors (Lipinski definition) is 2. The summed E-state index contributed by atoms with van der Waals surface area (Å²) < 4.78 is 37.0. The summed E-state index contributed by atoms with van der Waals surface area (Å²) in [6.45, 7) is 0. The highest BCUT2D eigenvalue weighted by atomic mass is 19.4. The van der Waals surface area contributed by atoms with Crippen molar-refractivity contribution in [3.05, 3.63) is 34.9 Å². The summed E-state index contributed by atoms with van der Waals surface area (Å²) in [4.78, 5) is 20.7. The van der Waals surface area contributed by atoms with Gasteiger partial charge in [0.05, 0.1) is 11.1 Å². The minimum atomic E-state index is -4.62. The average Bonchev–Trinajstić information content (AvgIpc) is 2.24. The Labute approximate surface area is 93.9 Å². The number of aromatic carboxylic acids is 1. The van der Waals surface area contributed by atoms with Crippen molar-refractivity contribution in [2.24, 2.45) is 0 Å². The third-order valence-electron chi connectivity index (χ3n) is 1.84. The Morgan fingerprint density at radius 3 is 2.47 bits per heavy atom. The fourth-order valence-electron chi connectivity index (χ4n) is 1.11. The van der Waals surface area contributed by atoms with Crippen LogP contribution in [0.4, 0.5) is 13.2 Å². The molecule has 0 fully saturated rings. The number of carboxylic acids is 1. The average molecular weight is 242 g/mol. The molecule has 1 N–H and O–H groups in total. The Kier molecular flexibility index (Phi) is 3.53. The van der Waals surface area contributed by atoms with Crippen molar-refractivity contribution in [1.29, 1.82) is 0 Å². The monoisotopic (exact) mass is 242 g/mol. The molecule has 0 amide bonds. The molecule has 6 heteroatoms. The number of halogens is 3. The van der Waals surface area contributed by atoms with Gasteiger partial charge in [-0.2, -0.15) is 13.2 Å². The largest absolute Gasteiger partial charge is 0.478 e. The van der Waals surface area contributed by atoms with Crippen molar-refractivity contribution in [2.45, 2.75) is 6.18 Å². The first-order chi connectivity index (χ1) is 7.86. The summed E-state index contributed by atoms with van der Waals surface area (Å²) in [5, 5.41) is 8.73. The van der Waals surface area contributed by atoms with Crippen molar-refractivity contribution in [3.63, 3.8) is 0 Å². The lowest BCUT2D eigenvalue weighted by Gasteiger charge is -2.08. The SMILES string of the molecule is O=CC#Cc1ccc(C(F)(F)F)cc1C(=O)O. The Bertz CT molecular complexity index is 521. The molecule has 0 spiro atoms. The van der Waals surface area contributed by atoms with Crippen molar-refractivity contribution < 1.29 is 27.9 Å². The first-order valence-electron chi connectivity index (χ1n) is 4.26. The third kappa shape index (κ3) is 3.08. The van der Waals surface area contributed by atoms with E-state index in [1.165, 1.54) is 0 Å². The first-order valence-corrected chi connectivity index (χ1v) is 4.26. The summed E-state index contributed by atoms with van der Waals surface area (Å²) in [5.74, 6) is 2.56. The van der Waals surface area contributed by atoms with Gasteiger partial charge in [0.1, 0.15) is 0 Å². The number of rotatable bonds is 1. The highest BCUT2D eigenvalue weighted by Crippen LogP contribution is 2.30. The van der Waals surface area contributed by atoms with Gasteiger partial charge in [-0.3, -0.25) is 4.79 Å². The summed E-state index contributed by atoms with van der Waals surface area (Å²) in [6, 6.07) is 2.11. The zero-order valence-corrected chi connectivity index (χ0v) is 8.21. The predicted octanol–water partition coefficient (Wildman–Crippen LogP) is 1.95. The fraction of sp³-hybridized carbons (Fsp3) is 0.0909. The molecule has 0 radical (unpaired) electrons. The fourth-order valence-corrected chi connectivity index (χ4v) is 1.11. The van der Waals surface area contributed by atoms with E-state index in [2.05, 4.69) is 5.92 Å². The zero-order chi connectivity index (χ0) is 13.1. The topological polar surface area (TPSA) is 54.4 Å². The molecule has 1 rings (SSSR count). The number of aldehydes is 1. The maximum Gasteiger partial charge on any atom is 0.416 e. The van der Waals surface area contributed by atoms with Crippen LogP contribution in [0.5, 0.6) is 0 Å². The van der Waals surface area contributed by atoms with Crippen LogP contribution in [0.3, 0.4) is 0 Å². The molecule has 0 aliphatic heterocycles. The molecule has 3 nitrogen and oxygen atoms in total. The number of carbonyl (C=O) groups is 2. The van der Waals surface area contributed by atoms with Gasteiger partial charge in [-0.05, 0) is 24.1 Å². The molecule has 0 aliphatic carbocycles. The molecule has 0 aromatic heterocycles. The molecule has 0 saturated carbocycles. The molecule has 0 heterocycles. The quantitative estimate of drug-likeness (QED) is 0.605. The van der Waals surface area contributed by atoms with Gasteiger partial charge in [0.25, 0.3) is 0 Å². The van der Waals surface area contributed by atoms with Crippen LogP contribution in [0.15, 0.2) is 18.2 Å². The van der Waals surface area contributed by atoms with E-state index in [9.17, 15) is 22.8 Å². The lowest BCUT2D eigenvalue weighted by atomic mass is 10.0. The molecule has 0 aliphatic rings. The van der Waals surface area contributed by atoms with Crippen LogP contribution < -0.4 is 0 Å². The van der Waals surface area contributed by atoms with Gasteiger partial charge >= 0.3 is 12.1 Å². The smallest absolute Gasteiger partial charge is 0.416 e. The van der Waals surface area contributed by atoms with E-state index in [4.69, 9.17) is 5.11 Å². The van der Waals surface area contributed by atoms with E-state index in [0.717, 1.165) is 6.07 Å². The minimum Gasteiger partial charge on any atom is -0.478 e. The number of benzene rings is 1. The Hall–Kier alpha value is -2.29. The van der Waals surface area contributed by atoms with Crippen LogP contribution in [0.2, 0.25) is 0 Å². The number of alkyl halides is 3. The lowest BCUT2D eigenvalue weighted by Crippen LogP contribution is -2.08. The van der Waals surface area contributed by atoms with Gasteiger partial charge in [0.2, 0.25) is 0 Å². The second-order valence-corrected chi connectivity index (χ2v) is 2.95. The molecular weight excluding hydrogens is 237 g/mol. The second kappa shape index (κ2) is 4.70. The molecule has 0 atom stereocenters. The van der Waals surface area contributed by atoms with Crippen LogP contribution in [-0.2, 0) is 11.0 Å². The van der Waals surface area contributed by atoms with Gasteiger partial charge in [-0.1, -0.05) is 5.92 Å². The van der Waals surface area contributed by atoms with E-state index in [1.54, 1.807) is 0 Å². The molecular formula is C11H5F3O3. The molecule has 0 bridgehead atoms. The Balaban J connectivity index is 3.37. The molecule has 1 aromatic rings. The standard InChI is InChI=1S/C11H5F3O3/c12-11(13,14)8-4-3-7(2-1-5-15)9(6-8)10(16)17/h3-6H,(H,16,17). The normalized spacial score (nSPS) is 10.3. The summed E-state index contributed by atoms with van der Waals surface area (Å²) in [6.07, 6.45) is -4.40. The zero-order valence-electron chi connectivity index (χ0n) is 8.21. The van der Waals surface area contributed by atoms with Gasteiger partial charge in [-0.15, -0.1) is 0 Å². The van der Waals surface area contributed by atoms with Gasteiger partial charge < -0.3 is 5.11 Å². The van der Waals surface area contributed by atoms with Gasteiger partial charge in [-0.25, -0.2) is 4.79 Å². The van der Waals surface area contributed by atoms with Crippen molar-refractivity contribution in [2.75, 3.05) is 0 Å². The highest BCUT2D eigenvalue weighted by molar-refractivity contribution is 5.91. The van der Waals surface area contributed by atoms with E-state index in [1.807, 2.05) is 5.92 Å². The highest BCUT2D eigenvalue weighted by Gasteiger charge is 2.31. The molecule has 1 aromatic carbocycles. The van der Waals surface area contributed by atoms with Crippen LogP contribution in [-0.4, -0.2) is 17.4 Å².